The minimum Gasteiger partial charge on any atom is -0.468 e. The highest BCUT2D eigenvalue weighted by atomic mass is 19.2. The van der Waals surface area contributed by atoms with Gasteiger partial charge in [-0.2, -0.15) is 0 Å². The number of Topliss-reactive ketones (excluding diaryl/α,β-unsaturated/α-hetero) is 1. The summed E-state index contributed by atoms with van der Waals surface area (Å²) in [5.74, 6) is -3.23. The van der Waals surface area contributed by atoms with E-state index in [0.717, 1.165) is 18.6 Å². The Labute approximate surface area is 103 Å². The van der Waals surface area contributed by atoms with E-state index in [1.165, 1.54) is 13.2 Å². The summed E-state index contributed by atoms with van der Waals surface area (Å²) < 4.78 is 30.5. The van der Waals surface area contributed by atoms with E-state index in [0.29, 0.717) is 12.8 Å². The van der Waals surface area contributed by atoms with E-state index in [9.17, 15) is 18.4 Å². The molecule has 2 rings (SSSR count). The van der Waals surface area contributed by atoms with Crippen molar-refractivity contribution in [1.82, 2.24) is 0 Å². The third-order valence-electron chi connectivity index (χ3n) is 3.40. The van der Waals surface area contributed by atoms with Crippen LogP contribution in [-0.4, -0.2) is 18.9 Å². The van der Waals surface area contributed by atoms with Crippen molar-refractivity contribution in [3.8, 4) is 0 Å². The molecule has 1 aliphatic carbocycles. The van der Waals surface area contributed by atoms with Crippen molar-refractivity contribution in [2.45, 2.75) is 19.3 Å². The molecule has 0 heterocycles. The van der Waals surface area contributed by atoms with E-state index in [2.05, 4.69) is 4.74 Å². The Balaban J connectivity index is 2.35. The van der Waals surface area contributed by atoms with Crippen molar-refractivity contribution in [1.29, 1.82) is 0 Å². The average molecular weight is 254 g/mol. The van der Waals surface area contributed by atoms with Gasteiger partial charge in [0.05, 0.1) is 7.11 Å². The average Bonchev–Trinajstić information content (AvgIpc) is 2.30. The fourth-order valence-corrected chi connectivity index (χ4v) is 2.16. The third kappa shape index (κ3) is 1.79. The second kappa shape index (κ2) is 4.48. The first kappa shape index (κ1) is 12.7. The molecule has 18 heavy (non-hydrogen) atoms. The maximum atomic E-state index is 13.1. The van der Waals surface area contributed by atoms with Crippen molar-refractivity contribution in [3.05, 3.63) is 35.4 Å². The van der Waals surface area contributed by atoms with Crippen molar-refractivity contribution in [2.24, 2.45) is 5.41 Å². The van der Waals surface area contributed by atoms with Gasteiger partial charge in [-0.25, -0.2) is 8.78 Å². The highest BCUT2D eigenvalue weighted by Gasteiger charge is 2.51. The zero-order valence-corrected chi connectivity index (χ0v) is 9.83. The topological polar surface area (TPSA) is 43.4 Å². The Morgan fingerprint density at radius 1 is 1.22 bits per heavy atom. The van der Waals surface area contributed by atoms with Crippen LogP contribution in [0.5, 0.6) is 0 Å². The number of ketones is 1. The first-order valence-corrected chi connectivity index (χ1v) is 5.59. The lowest BCUT2D eigenvalue weighted by molar-refractivity contribution is -0.153. The molecule has 0 bridgehead atoms. The van der Waals surface area contributed by atoms with Crippen molar-refractivity contribution in [3.63, 3.8) is 0 Å². The zero-order chi connectivity index (χ0) is 13.3. The van der Waals surface area contributed by atoms with Crippen LogP contribution in [0.15, 0.2) is 18.2 Å². The van der Waals surface area contributed by atoms with Crippen LogP contribution in [0.4, 0.5) is 8.78 Å². The Hall–Kier alpha value is -1.78. The third-order valence-corrected chi connectivity index (χ3v) is 3.40. The summed E-state index contributed by atoms with van der Waals surface area (Å²) in [5.41, 5.74) is -1.21. The van der Waals surface area contributed by atoms with E-state index in [-0.39, 0.29) is 5.56 Å². The number of halogens is 2. The maximum Gasteiger partial charge on any atom is 0.319 e. The molecule has 0 unspecified atom stereocenters. The standard InChI is InChI=1S/C13H12F2O3/c1-18-12(17)13(5-2-6-13)11(16)8-3-4-9(14)10(15)7-8/h3-4,7H,2,5-6H2,1H3. The highest BCUT2D eigenvalue weighted by molar-refractivity contribution is 6.13. The van der Waals surface area contributed by atoms with Gasteiger partial charge in [0.2, 0.25) is 0 Å². The monoisotopic (exact) mass is 254 g/mol. The Morgan fingerprint density at radius 2 is 1.89 bits per heavy atom. The van der Waals surface area contributed by atoms with Gasteiger partial charge in [0, 0.05) is 5.56 Å². The molecule has 0 atom stereocenters. The van der Waals surface area contributed by atoms with Gasteiger partial charge in [0.1, 0.15) is 5.41 Å². The van der Waals surface area contributed by atoms with Gasteiger partial charge < -0.3 is 4.74 Å². The molecule has 3 nitrogen and oxygen atoms in total. The molecule has 0 saturated heterocycles. The fourth-order valence-electron chi connectivity index (χ4n) is 2.16. The molecule has 1 aromatic carbocycles. The largest absolute Gasteiger partial charge is 0.468 e. The number of hydrogen-bond acceptors (Lipinski definition) is 3. The van der Waals surface area contributed by atoms with Gasteiger partial charge in [-0.15, -0.1) is 0 Å². The Bertz CT molecular complexity index is 507. The molecule has 5 heteroatoms. The predicted octanol–water partition coefficient (Wildman–Crippen LogP) is 2.49. The molecule has 0 aliphatic heterocycles. The van der Waals surface area contributed by atoms with E-state index in [1.54, 1.807) is 0 Å². The van der Waals surface area contributed by atoms with Crippen LogP contribution < -0.4 is 0 Å². The van der Waals surface area contributed by atoms with E-state index >= 15 is 0 Å². The number of rotatable bonds is 3. The predicted molar refractivity (Wildman–Crippen MR) is 59.0 cm³/mol. The van der Waals surface area contributed by atoms with Crippen LogP contribution in [-0.2, 0) is 9.53 Å². The van der Waals surface area contributed by atoms with Crippen LogP contribution in [0.2, 0.25) is 0 Å². The SMILES string of the molecule is COC(=O)C1(C(=O)c2ccc(F)c(F)c2)CCC1. The molecule has 0 N–H and O–H groups in total. The molecular weight excluding hydrogens is 242 g/mol. The quantitative estimate of drug-likeness (QED) is 0.473. The number of carbonyl (C=O) groups is 2. The highest BCUT2D eigenvalue weighted by Crippen LogP contribution is 2.44. The second-order valence-electron chi connectivity index (χ2n) is 4.39. The van der Waals surface area contributed by atoms with Crippen LogP contribution in [0.25, 0.3) is 0 Å². The van der Waals surface area contributed by atoms with E-state index in [4.69, 9.17) is 0 Å². The molecule has 1 saturated carbocycles. The smallest absolute Gasteiger partial charge is 0.319 e. The summed E-state index contributed by atoms with van der Waals surface area (Å²) in [4.78, 5) is 23.9. The van der Waals surface area contributed by atoms with Crippen LogP contribution in [0.3, 0.4) is 0 Å². The molecule has 1 aromatic rings. The van der Waals surface area contributed by atoms with Crippen molar-refractivity contribution >= 4 is 11.8 Å². The van der Waals surface area contributed by atoms with Gasteiger partial charge >= 0.3 is 5.97 Å². The van der Waals surface area contributed by atoms with Crippen molar-refractivity contribution in [2.75, 3.05) is 7.11 Å². The number of esters is 1. The minimum atomic E-state index is -1.21. The van der Waals surface area contributed by atoms with Crippen molar-refractivity contribution < 1.29 is 23.1 Å². The Kier molecular flexibility index (Phi) is 3.15. The number of carbonyl (C=O) groups excluding carboxylic acids is 2. The molecule has 1 fully saturated rings. The van der Waals surface area contributed by atoms with E-state index < -0.39 is 28.8 Å². The summed E-state index contributed by atoms with van der Waals surface area (Å²) in [6, 6.07) is 2.89. The number of ether oxygens (including phenoxy) is 1. The molecule has 0 aromatic heterocycles. The number of methoxy groups -OCH3 is 1. The molecule has 1 aliphatic rings. The Morgan fingerprint density at radius 3 is 2.33 bits per heavy atom. The lowest BCUT2D eigenvalue weighted by Gasteiger charge is -2.37. The molecule has 0 spiro atoms. The summed E-state index contributed by atoms with van der Waals surface area (Å²) in [6.07, 6.45) is 1.51. The van der Waals surface area contributed by atoms with Gasteiger partial charge in [-0.3, -0.25) is 9.59 Å². The zero-order valence-electron chi connectivity index (χ0n) is 9.83. The summed E-state index contributed by atoms with van der Waals surface area (Å²) in [5, 5.41) is 0. The van der Waals surface area contributed by atoms with E-state index in [1.807, 2.05) is 0 Å². The lowest BCUT2D eigenvalue weighted by atomic mass is 9.64. The van der Waals surface area contributed by atoms with Gasteiger partial charge in [0.15, 0.2) is 17.4 Å². The van der Waals surface area contributed by atoms with Crippen LogP contribution in [0, 0.1) is 17.0 Å². The summed E-state index contributed by atoms with van der Waals surface area (Å²) in [7, 11) is 1.21. The minimum absolute atomic E-state index is 0.000926. The second-order valence-corrected chi connectivity index (χ2v) is 4.39. The normalized spacial score (nSPS) is 16.8. The van der Waals surface area contributed by atoms with Gasteiger partial charge in [-0.05, 0) is 31.0 Å². The molecule has 96 valence electrons. The first-order chi connectivity index (χ1) is 8.51. The fraction of sp³-hybridized carbons (Fsp3) is 0.385. The number of benzene rings is 1. The summed E-state index contributed by atoms with van der Waals surface area (Å²) >= 11 is 0. The maximum absolute atomic E-state index is 13.1. The molecule has 0 amide bonds. The summed E-state index contributed by atoms with van der Waals surface area (Å²) in [6.45, 7) is 0. The van der Waals surface area contributed by atoms with Crippen LogP contribution in [0.1, 0.15) is 29.6 Å². The lowest BCUT2D eigenvalue weighted by Crippen LogP contribution is -2.46. The molecule has 0 radical (unpaired) electrons. The first-order valence-electron chi connectivity index (χ1n) is 5.59. The van der Waals surface area contributed by atoms with Gasteiger partial charge in [-0.1, -0.05) is 6.42 Å². The molecular formula is C13H12F2O3. The van der Waals surface area contributed by atoms with Crippen LogP contribution >= 0.6 is 0 Å². The van der Waals surface area contributed by atoms with Gasteiger partial charge in [0.25, 0.3) is 0 Å². The number of hydrogen-bond donors (Lipinski definition) is 0.